The molecule has 0 aliphatic heterocycles. The van der Waals surface area contributed by atoms with E-state index in [9.17, 15) is 43.5 Å². The second-order valence-corrected chi connectivity index (χ2v) is 28.0. The van der Waals surface area contributed by atoms with Gasteiger partial charge in [0.15, 0.2) is 6.10 Å². The molecule has 97 heavy (non-hydrogen) atoms. The Morgan fingerprint density at radius 2 is 0.546 bits per heavy atom. The van der Waals surface area contributed by atoms with Gasteiger partial charge in [-0.1, -0.05) is 271 Å². The average Bonchev–Trinajstić information content (AvgIpc) is 1.86. The number of rotatable bonds is 71. The predicted molar refractivity (Wildman–Crippen MR) is 399 cm³/mol. The van der Waals surface area contributed by atoms with E-state index < -0.39 is 91.5 Å². The number of unbranched alkanes of at least 4 members (excludes halogenated alkanes) is 28. The van der Waals surface area contributed by atoms with Crippen LogP contribution in [0.2, 0.25) is 0 Å². The molecule has 0 spiro atoms. The highest BCUT2D eigenvalue weighted by Crippen LogP contribution is 2.45. The molecule has 0 fully saturated rings. The first-order valence-electron chi connectivity index (χ1n) is 37.8. The first-order valence-corrected chi connectivity index (χ1v) is 40.8. The molecule has 5 unspecified atom stereocenters. The van der Waals surface area contributed by atoms with Gasteiger partial charge in [0.2, 0.25) is 0 Å². The van der Waals surface area contributed by atoms with Crippen molar-refractivity contribution in [2.24, 2.45) is 0 Å². The number of carbonyl (C=O) groups is 3. The minimum atomic E-state index is -4.93. The Bertz CT molecular complexity index is 2250. The van der Waals surface area contributed by atoms with Crippen molar-refractivity contribution >= 4 is 33.6 Å². The molecule has 4 N–H and O–H groups in total. The molecule has 0 bridgehead atoms. The van der Waals surface area contributed by atoms with Gasteiger partial charge >= 0.3 is 33.6 Å². The largest absolute Gasteiger partial charge is 0.472 e. The minimum Gasteiger partial charge on any atom is -0.463 e. The van der Waals surface area contributed by atoms with Gasteiger partial charge in [-0.2, -0.15) is 0 Å². The molecule has 0 amide bonds. The Hall–Kier alpha value is -4.05. The van der Waals surface area contributed by atoms with Crippen LogP contribution in [0.3, 0.4) is 0 Å². The second kappa shape index (κ2) is 71.8. The first kappa shape index (κ1) is 93.0. The van der Waals surface area contributed by atoms with Crippen molar-refractivity contribution in [3.63, 3.8) is 0 Å². The molecule has 0 aliphatic rings. The standard InChI is InChI=1S/C79H136O16P2/c1-4-7-10-13-16-19-22-25-28-30-32-33-34-35-36-37-38-39-41-43-45-47-50-53-56-59-62-65-77(82)89-68-74(80)69-91-96(85,86)92-70-75(81)71-93-97(87,88)94-73-76(95-79(84)67-64-61-58-55-52-49-44-27-24-21-18-15-12-9-6-3)72-90-78(83)66-63-60-57-54-51-48-46-42-40-31-29-26-23-20-17-14-11-8-5-2/h7,10,16-17,19-20,25-29,32-33,35-36,38-40,42,44,74-76,80-81H,4-6,8-9,11-15,18,21-24,30-31,34,37,41,43,45-73H2,1-3H3,(H,85,86)(H,87,88)/b10-7-,19-16-,20-17-,28-25-,29-26-,33-32-,36-35-,39-38-,42-40-,44-27-. The van der Waals surface area contributed by atoms with Gasteiger partial charge in [-0.15, -0.1) is 0 Å². The molecular formula is C79H136O16P2. The van der Waals surface area contributed by atoms with Gasteiger partial charge < -0.3 is 34.2 Å². The molecule has 0 radical (unpaired) electrons. The first-order chi connectivity index (χ1) is 47.2. The summed E-state index contributed by atoms with van der Waals surface area (Å²) in [6, 6.07) is 0. The number of aliphatic hydroxyl groups excluding tert-OH is 2. The zero-order chi connectivity index (χ0) is 70.9. The number of phosphoric acid groups is 2. The fraction of sp³-hybridized carbons (Fsp3) is 0.709. The molecule has 0 saturated heterocycles. The number of hydrogen-bond donors (Lipinski definition) is 4. The summed E-state index contributed by atoms with van der Waals surface area (Å²) in [4.78, 5) is 58.6. The van der Waals surface area contributed by atoms with Crippen LogP contribution < -0.4 is 0 Å². The van der Waals surface area contributed by atoms with E-state index >= 15 is 0 Å². The van der Waals surface area contributed by atoms with E-state index in [4.69, 9.17) is 32.3 Å². The lowest BCUT2D eigenvalue weighted by Crippen LogP contribution is -2.30. The van der Waals surface area contributed by atoms with Gasteiger partial charge in [0, 0.05) is 19.3 Å². The second-order valence-electron chi connectivity index (χ2n) is 25.1. The Kier molecular flexibility index (Phi) is 68.8. The van der Waals surface area contributed by atoms with Gasteiger partial charge in [0.1, 0.15) is 25.4 Å². The molecule has 5 atom stereocenters. The topological polar surface area (TPSA) is 231 Å². The van der Waals surface area contributed by atoms with Gasteiger partial charge in [-0.05, 0) is 135 Å². The van der Waals surface area contributed by atoms with Crippen LogP contribution in [0.4, 0.5) is 0 Å². The molecule has 558 valence electrons. The van der Waals surface area contributed by atoms with Crippen LogP contribution in [-0.4, -0.2) is 95.9 Å². The third kappa shape index (κ3) is 73.0. The smallest absolute Gasteiger partial charge is 0.463 e. The monoisotopic (exact) mass is 1400 g/mol. The summed E-state index contributed by atoms with van der Waals surface area (Å²) in [6.45, 7) is 2.51. The predicted octanol–water partition coefficient (Wildman–Crippen LogP) is 21.8. The molecule has 0 aliphatic carbocycles. The third-order valence-electron chi connectivity index (χ3n) is 15.6. The molecule has 18 heteroatoms. The lowest BCUT2D eigenvalue weighted by atomic mass is 10.1. The number of aliphatic hydroxyl groups is 2. The number of allylic oxidation sites excluding steroid dienone is 20. The summed E-state index contributed by atoms with van der Waals surface area (Å²) < 4.78 is 61.0. The summed E-state index contributed by atoms with van der Waals surface area (Å²) in [5, 5.41) is 20.6. The fourth-order valence-corrected chi connectivity index (χ4v) is 11.5. The highest BCUT2D eigenvalue weighted by molar-refractivity contribution is 7.47. The van der Waals surface area contributed by atoms with Gasteiger partial charge in [0.05, 0.1) is 26.4 Å². The molecule has 0 aromatic carbocycles. The Morgan fingerprint density at radius 3 is 0.897 bits per heavy atom. The summed E-state index contributed by atoms with van der Waals surface area (Å²) >= 11 is 0. The fourth-order valence-electron chi connectivity index (χ4n) is 9.87. The maximum absolute atomic E-state index is 12.9. The van der Waals surface area contributed by atoms with E-state index in [-0.39, 0.29) is 19.3 Å². The van der Waals surface area contributed by atoms with Crippen LogP contribution in [0.1, 0.15) is 303 Å². The van der Waals surface area contributed by atoms with E-state index in [2.05, 4.69) is 142 Å². The van der Waals surface area contributed by atoms with Gasteiger partial charge in [-0.3, -0.25) is 32.5 Å². The summed E-state index contributed by atoms with van der Waals surface area (Å²) in [5.41, 5.74) is 0. The van der Waals surface area contributed by atoms with E-state index in [0.717, 1.165) is 167 Å². The van der Waals surface area contributed by atoms with Crippen LogP contribution in [0.15, 0.2) is 122 Å². The Labute approximate surface area is 589 Å². The van der Waals surface area contributed by atoms with E-state index in [1.807, 2.05) is 0 Å². The molecule has 0 saturated carbocycles. The van der Waals surface area contributed by atoms with Crippen LogP contribution in [0, 0.1) is 0 Å². The highest BCUT2D eigenvalue weighted by Gasteiger charge is 2.29. The van der Waals surface area contributed by atoms with E-state index in [0.29, 0.717) is 19.3 Å². The molecule has 0 aromatic rings. The van der Waals surface area contributed by atoms with Crippen molar-refractivity contribution in [2.45, 2.75) is 322 Å². The number of phosphoric ester groups is 2. The molecule has 0 aromatic heterocycles. The molecule has 0 rings (SSSR count). The molecule has 0 heterocycles. The maximum Gasteiger partial charge on any atom is 0.472 e. The number of carbonyl (C=O) groups excluding carboxylic acids is 3. The zero-order valence-corrected chi connectivity index (χ0v) is 62.5. The van der Waals surface area contributed by atoms with Crippen molar-refractivity contribution in [3.8, 4) is 0 Å². The maximum atomic E-state index is 12.9. The van der Waals surface area contributed by atoms with Crippen molar-refractivity contribution in [3.05, 3.63) is 122 Å². The van der Waals surface area contributed by atoms with E-state index in [1.54, 1.807) is 0 Å². The SMILES string of the molecule is CC/C=C\C/C=C\C/C=C\C/C=C\C/C=C\C/C=C\CCCCCCCCCCC(=O)OCC(O)COP(=O)(O)OCC(O)COP(=O)(O)OCC(COC(=O)CCCCCCCC/C=C\C/C=C\C/C=C\CCCCC)OC(=O)CCCCCCC/C=C\CCCCCCCC. The normalized spacial score (nSPS) is 14.8. The van der Waals surface area contributed by atoms with Crippen molar-refractivity contribution in [1.82, 2.24) is 0 Å². The number of esters is 3. The van der Waals surface area contributed by atoms with Crippen LogP contribution in [0.25, 0.3) is 0 Å². The van der Waals surface area contributed by atoms with Crippen LogP contribution >= 0.6 is 15.6 Å². The van der Waals surface area contributed by atoms with Crippen LogP contribution in [0.5, 0.6) is 0 Å². The molecular weight excluding hydrogens is 1270 g/mol. The minimum absolute atomic E-state index is 0.0905. The van der Waals surface area contributed by atoms with Crippen molar-refractivity contribution < 1.29 is 75.8 Å². The quantitative estimate of drug-likeness (QED) is 0.0146. The van der Waals surface area contributed by atoms with Crippen LogP contribution in [-0.2, 0) is 55.8 Å². The summed E-state index contributed by atoms with van der Waals surface area (Å²) in [5.74, 6) is -1.60. The lowest BCUT2D eigenvalue weighted by Gasteiger charge is -2.21. The van der Waals surface area contributed by atoms with E-state index in [1.165, 1.54) is 77.0 Å². The summed E-state index contributed by atoms with van der Waals surface area (Å²) in [7, 11) is -9.79. The molecule has 16 nitrogen and oxygen atoms in total. The Morgan fingerprint density at radius 1 is 0.299 bits per heavy atom. The average molecular weight is 1400 g/mol. The zero-order valence-electron chi connectivity index (χ0n) is 60.7. The summed E-state index contributed by atoms with van der Waals surface area (Å²) in [6.07, 6.45) is 83.8. The number of ether oxygens (including phenoxy) is 3. The van der Waals surface area contributed by atoms with Gasteiger partial charge in [-0.25, -0.2) is 9.13 Å². The number of hydrogen-bond acceptors (Lipinski definition) is 14. The van der Waals surface area contributed by atoms with Crippen molar-refractivity contribution in [2.75, 3.05) is 39.6 Å². The highest BCUT2D eigenvalue weighted by atomic mass is 31.2. The lowest BCUT2D eigenvalue weighted by molar-refractivity contribution is -0.161. The van der Waals surface area contributed by atoms with Crippen molar-refractivity contribution in [1.29, 1.82) is 0 Å². The van der Waals surface area contributed by atoms with Gasteiger partial charge in [0.25, 0.3) is 0 Å². The Balaban J connectivity index is 4.59. The third-order valence-corrected chi connectivity index (χ3v) is 17.5.